The normalized spacial score (nSPS) is 10.7. The smallest absolute Gasteiger partial charge is 0.175 e. The van der Waals surface area contributed by atoms with Gasteiger partial charge in [0, 0.05) is 12.4 Å². The number of aromatic nitrogens is 4. The van der Waals surface area contributed by atoms with Crippen molar-refractivity contribution in [3.63, 3.8) is 0 Å². The molecule has 3 heterocycles. The molecule has 18 heavy (non-hydrogen) atoms. The van der Waals surface area contributed by atoms with Crippen LogP contribution in [0.15, 0.2) is 47.3 Å². The molecular formula is C12H9BrN4O. The molecule has 90 valence electrons. The van der Waals surface area contributed by atoms with Crippen LogP contribution in [-0.4, -0.2) is 19.6 Å². The van der Waals surface area contributed by atoms with Crippen molar-refractivity contribution in [1.29, 1.82) is 0 Å². The van der Waals surface area contributed by atoms with Gasteiger partial charge in [-0.3, -0.25) is 9.38 Å². The Morgan fingerprint density at radius 2 is 2.17 bits per heavy atom. The third-order valence-corrected chi connectivity index (χ3v) is 3.08. The second-order valence-electron chi connectivity index (χ2n) is 3.64. The van der Waals surface area contributed by atoms with Crippen molar-refractivity contribution in [2.75, 3.05) is 0 Å². The molecule has 0 aliphatic carbocycles. The van der Waals surface area contributed by atoms with E-state index in [0.717, 1.165) is 15.9 Å². The van der Waals surface area contributed by atoms with Crippen molar-refractivity contribution < 1.29 is 4.74 Å². The Hall–Kier alpha value is -1.95. The fourth-order valence-corrected chi connectivity index (χ4v) is 2.03. The highest BCUT2D eigenvalue weighted by molar-refractivity contribution is 9.10. The molecule has 0 aliphatic heterocycles. The average molecular weight is 305 g/mol. The number of pyridine rings is 2. The van der Waals surface area contributed by atoms with Crippen LogP contribution in [-0.2, 0) is 6.61 Å². The molecule has 6 heteroatoms. The molecule has 0 saturated carbocycles. The number of fused-ring (bicyclic) bond motifs is 1. The van der Waals surface area contributed by atoms with E-state index in [0.29, 0.717) is 12.4 Å². The molecule has 0 spiro atoms. The molecule has 3 rings (SSSR count). The van der Waals surface area contributed by atoms with Crippen LogP contribution in [0.25, 0.3) is 5.65 Å². The first kappa shape index (κ1) is 11.2. The van der Waals surface area contributed by atoms with E-state index in [1.54, 1.807) is 12.4 Å². The molecule has 0 fully saturated rings. The topological polar surface area (TPSA) is 52.3 Å². The van der Waals surface area contributed by atoms with Crippen LogP contribution in [0, 0.1) is 0 Å². The lowest BCUT2D eigenvalue weighted by molar-refractivity contribution is 0.293. The van der Waals surface area contributed by atoms with Gasteiger partial charge in [-0.1, -0.05) is 0 Å². The summed E-state index contributed by atoms with van der Waals surface area (Å²) in [4.78, 5) is 3.99. The SMILES string of the molecule is Brc1cccn2c(COc3cccnc3)nnc12. The zero-order chi connectivity index (χ0) is 12.4. The van der Waals surface area contributed by atoms with Crippen molar-refractivity contribution in [3.05, 3.63) is 53.2 Å². The first-order valence-electron chi connectivity index (χ1n) is 5.35. The van der Waals surface area contributed by atoms with Gasteiger partial charge in [-0.05, 0) is 40.2 Å². The Kier molecular flexibility index (Phi) is 2.93. The van der Waals surface area contributed by atoms with Crippen LogP contribution >= 0.6 is 15.9 Å². The summed E-state index contributed by atoms with van der Waals surface area (Å²) in [5.41, 5.74) is 0.780. The Bertz CT molecular complexity index is 668. The summed E-state index contributed by atoms with van der Waals surface area (Å²) in [6, 6.07) is 7.53. The number of ether oxygens (including phenoxy) is 1. The van der Waals surface area contributed by atoms with Gasteiger partial charge in [-0.2, -0.15) is 0 Å². The minimum Gasteiger partial charge on any atom is -0.484 e. The molecule has 0 aliphatic rings. The molecule has 3 aromatic heterocycles. The van der Waals surface area contributed by atoms with Gasteiger partial charge in [-0.15, -0.1) is 10.2 Å². The number of rotatable bonds is 3. The summed E-state index contributed by atoms with van der Waals surface area (Å²) in [6.07, 6.45) is 5.28. The zero-order valence-corrected chi connectivity index (χ0v) is 10.9. The third kappa shape index (κ3) is 2.06. The van der Waals surface area contributed by atoms with Crippen molar-refractivity contribution in [2.24, 2.45) is 0 Å². The molecule has 0 N–H and O–H groups in total. The molecule has 0 unspecified atom stereocenters. The van der Waals surface area contributed by atoms with Crippen molar-refractivity contribution >= 4 is 21.6 Å². The molecule has 0 radical (unpaired) electrons. The van der Waals surface area contributed by atoms with Gasteiger partial charge in [0.15, 0.2) is 11.5 Å². The minimum atomic E-state index is 0.351. The van der Waals surface area contributed by atoms with Crippen LogP contribution in [0.2, 0.25) is 0 Å². The van der Waals surface area contributed by atoms with E-state index in [1.165, 1.54) is 0 Å². The molecule has 0 atom stereocenters. The molecule has 0 bridgehead atoms. The monoisotopic (exact) mass is 304 g/mol. The third-order valence-electron chi connectivity index (χ3n) is 2.46. The van der Waals surface area contributed by atoms with Crippen LogP contribution in [0.3, 0.4) is 0 Å². The average Bonchev–Trinajstić information content (AvgIpc) is 2.82. The van der Waals surface area contributed by atoms with Crippen molar-refractivity contribution in [2.45, 2.75) is 6.61 Å². The summed E-state index contributed by atoms with van der Waals surface area (Å²) in [5, 5.41) is 8.21. The molecule has 0 amide bonds. The highest BCUT2D eigenvalue weighted by Gasteiger charge is 2.08. The van der Waals surface area contributed by atoms with Crippen molar-refractivity contribution in [3.8, 4) is 5.75 Å². The van der Waals surface area contributed by atoms with Crippen molar-refractivity contribution in [1.82, 2.24) is 19.6 Å². The predicted molar refractivity (Wildman–Crippen MR) is 69.3 cm³/mol. The molecular weight excluding hydrogens is 296 g/mol. The van der Waals surface area contributed by atoms with Gasteiger partial charge in [0.05, 0.1) is 10.7 Å². The summed E-state index contributed by atoms with van der Waals surface area (Å²) in [7, 11) is 0. The summed E-state index contributed by atoms with van der Waals surface area (Å²) in [5.74, 6) is 1.46. The van der Waals surface area contributed by atoms with E-state index in [2.05, 4.69) is 31.1 Å². The first-order valence-corrected chi connectivity index (χ1v) is 6.15. The van der Waals surface area contributed by atoms with E-state index < -0.39 is 0 Å². The van der Waals surface area contributed by atoms with Gasteiger partial charge in [0.25, 0.3) is 0 Å². The fourth-order valence-electron chi connectivity index (χ4n) is 1.61. The summed E-state index contributed by atoms with van der Waals surface area (Å²) < 4.78 is 8.39. The highest BCUT2D eigenvalue weighted by atomic mass is 79.9. The summed E-state index contributed by atoms with van der Waals surface area (Å²) in [6.45, 7) is 0.351. The lowest BCUT2D eigenvalue weighted by Crippen LogP contribution is -2.01. The van der Waals surface area contributed by atoms with E-state index >= 15 is 0 Å². The Morgan fingerprint density at radius 3 is 3.00 bits per heavy atom. The van der Waals surface area contributed by atoms with E-state index in [4.69, 9.17) is 4.74 Å². The second-order valence-corrected chi connectivity index (χ2v) is 4.50. The maximum atomic E-state index is 5.60. The van der Waals surface area contributed by atoms with Crippen LogP contribution in [0.4, 0.5) is 0 Å². The maximum absolute atomic E-state index is 5.60. The van der Waals surface area contributed by atoms with Crippen LogP contribution in [0.1, 0.15) is 5.82 Å². The van der Waals surface area contributed by atoms with Gasteiger partial charge in [-0.25, -0.2) is 0 Å². The predicted octanol–water partition coefficient (Wildman–Crippen LogP) is 2.47. The number of hydrogen-bond donors (Lipinski definition) is 0. The van der Waals surface area contributed by atoms with Gasteiger partial charge >= 0.3 is 0 Å². The lowest BCUT2D eigenvalue weighted by Gasteiger charge is -2.04. The highest BCUT2D eigenvalue weighted by Crippen LogP contribution is 2.17. The molecule has 3 aromatic rings. The van der Waals surface area contributed by atoms with E-state index in [1.807, 2.05) is 34.9 Å². The lowest BCUT2D eigenvalue weighted by atomic mass is 10.4. The molecule has 0 saturated heterocycles. The summed E-state index contributed by atoms with van der Waals surface area (Å²) >= 11 is 3.43. The first-order chi connectivity index (χ1) is 8.84. The Balaban J connectivity index is 1.85. The molecule has 5 nitrogen and oxygen atoms in total. The van der Waals surface area contributed by atoms with E-state index in [-0.39, 0.29) is 0 Å². The quantitative estimate of drug-likeness (QED) is 0.746. The minimum absolute atomic E-state index is 0.351. The van der Waals surface area contributed by atoms with Gasteiger partial charge in [0.2, 0.25) is 0 Å². The second kappa shape index (κ2) is 4.73. The maximum Gasteiger partial charge on any atom is 0.175 e. The van der Waals surface area contributed by atoms with Gasteiger partial charge in [0.1, 0.15) is 12.4 Å². The number of hydrogen-bond acceptors (Lipinski definition) is 4. The van der Waals surface area contributed by atoms with Crippen LogP contribution < -0.4 is 4.74 Å². The largest absolute Gasteiger partial charge is 0.484 e. The standard InChI is InChI=1S/C12H9BrN4O/c13-10-4-2-6-17-11(15-16-12(10)17)8-18-9-3-1-5-14-7-9/h1-7H,8H2. The fraction of sp³-hybridized carbons (Fsp3) is 0.0833. The molecule has 0 aromatic carbocycles. The van der Waals surface area contributed by atoms with Crippen LogP contribution in [0.5, 0.6) is 5.75 Å². The number of halogens is 1. The Labute approximate surface area is 112 Å². The zero-order valence-electron chi connectivity index (χ0n) is 9.32. The van der Waals surface area contributed by atoms with E-state index in [9.17, 15) is 0 Å². The number of nitrogens with zero attached hydrogens (tertiary/aromatic N) is 4. The Morgan fingerprint density at radius 1 is 1.22 bits per heavy atom. The van der Waals surface area contributed by atoms with Gasteiger partial charge < -0.3 is 4.74 Å².